The molecule has 0 aliphatic heterocycles. The van der Waals surface area contributed by atoms with Crippen LogP contribution in [0.3, 0.4) is 0 Å². The molecule has 26 heavy (non-hydrogen) atoms. The molecule has 7 heteroatoms. The lowest BCUT2D eigenvalue weighted by Crippen LogP contribution is -2.28. The van der Waals surface area contributed by atoms with Crippen molar-refractivity contribution in [2.24, 2.45) is 0 Å². The van der Waals surface area contributed by atoms with Crippen molar-refractivity contribution < 1.29 is 17.6 Å². The van der Waals surface area contributed by atoms with E-state index in [0.29, 0.717) is 24.1 Å². The molecule has 2 aromatic rings. The largest absolute Gasteiger partial charge is 0.352 e. The summed E-state index contributed by atoms with van der Waals surface area (Å²) in [5.41, 5.74) is 1.95. The Hall–Kier alpha value is -2.25. The summed E-state index contributed by atoms with van der Waals surface area (Å²) in [6.07, 6.45) is 2.26. The van der Waals surface area contributed by atoms with Crippen LogP contribution in [0.25, 0.3) is 0 Å². The molecule has 0 spiro atoms. The van der Waals surface area contributed by atoms with Gasteiger partial charge < -0.3 is 5.32 Å². The highest BCUT2D eigenvalue weighted by molar-refractivity contribution is 7.89. The number of carbonyl (C=O) groups is 1. The number of amides is 1. The van der Waals surface area contributed by atoms with Crippen molar-refractivity contribution in [3.8, 4) is 0 Å². The van der Waals surface area contributed by atoms with E-state index in [4.69, 9.17) is 0 Å². The summed E-state index contributed by atoms with van der Waals surface area (Å²) in [6, 6.07) is 10.7. The number of nitrogens with one attached hydrogen (secondary N) is 2. The summed E-state index contributed by atoms with van der Waals surface area (Å²) in [7, 11) is -3.60. The molecule has 1 amide bonds. The van der Waals surface area contributed by atoms with Gasteiger partial charge in [-0.15, -0.1) is 0 Å². The highest BCUT2D eigenvalue weighted by Gasteiger charge is 2.28. The molecule has 0 unspecified atom stereocenters. The van der Waals surface area contributed by atoms with Gasteiger partial charge in [-0.25, -0.2) is 17.5 Å². The molecular formula is C19H21FN2O3S. The van der Waals surface area contributed by atoms with Gasteiger partial charge in [0.25, 0.3) is 5.91 Å². The SMILES string of the molecule is Cc1ccc(S(=O)(=O)NC2CC2)cc1C(=O)NCCc1ccc(F)cc1. The highest BCUT2D eigenvalue weighted by Crippen LogP contribution is 2.23. The van der Waals surface area contributed by atoms with Gasteiger partial charge in [-0.05, 0) is 61.6 Å². The molecule has 0 heterocycles. The summed E-state index contributed by atoms with van der Waals surface area (Å²) in [6.45, 7) is 2.14. The first kappa shape index (κ1) is 18.5. The Morgan fingerprint density at radius 1 is 1.15 bits per heavy atom. The smallest absolute Gasteiger partial charge is 0.251 e. The molecule has 138 valence electrons. The zero-order valence-electron chi connectivity index (χ0n) is 14.5. The fraction of sp³-hybridized carbons (Fsp3) is 0.316. The Morgan fingerprint density at radius 2 is 1.85 bits per heavy atom. The van der Waals surface area contributed by atoms with Crippen molar-refractivity contribution in [1.29, 1.82) is 0 Å². The second kappa shape index (κ2) is 7.55. The molecule has 0 atom stereocenters. The van der Waals surface area contributed by atoms with E-state index in [1.165, 1.54) is 24.3 Å². The van der Waals surface area contributed by atoms with Crippen LogP contribution in [0.5, 0.6) is 0 Å². The van der Waals surface area contributed by atoms with Crippen LogP contribution < -0.4 is 10.0 Å². The molecular weight excluding hydrogens is 355 g/mol. The van der Waals surface area contributed by atoms with Gasteiger partial charge in [-0.2, -0.15) is 0 Å². The van der Waals surface area contributed by atoms with Crippen molar-refractivity contribution in [3.05, 3.63) is 65.0 Å². The summed E-state index contributed by atoms with van der Waals surface area (Å²) in [5, 5.41) is 2.79. The van der Waals surface area contributed by atoms with E-state index in [2.05, 4.69) is 10.0 Å². The summed E-state index contributed by atoms with van der Waals surface area (Å²) in [5.74, 6) is -0.626. The van der Waals surface area contributed by atoms with Gasteiger partial charge in [-0.3, -0.25) is 4.79 Å². The fourth-order valence-corrected chi connectivity index (χ4v) is 3.90. The lowest BCUT2D eigenvalue weighted by Gasteiger charge is -2.11. The van der Waals surface area contributed by atoms with Crippen molar-refractivity contribution in [1.82, 2.24) is 10.0 Å². The number of sulfonamides is 1. The number of hydrogen-bond acceptors (Lipinski definition) is 3. The van der Waals surface area contributed by atoms with Gasteiger partial charge in [0, 0.05) is 18.2 Å². The minimum absolute atomic E-state index is 0.00860. The molecule has 1 aliphatic carbocycles. The van der Waals surface area contributed by atoms with E-state index in [1.54, 1.807) is 25.1 Å². The Balaban J connectivity index is 1.66. The van der Waals surface area contributed by atoms with E-state index in [1.807, 2.05) is 0 Å². The maximum Gasteiger partial charge on any atom is 0.251 e. The Morgan fingerprint density at radius 3 is 2.50 bits per heavy atom. The molecule has 3 rings (SSSR count). The second-order valence-corrected chi connectivity index (χ2v) is 8.22. The lowest BCUT2D eigenvalue weighted by molar-refractivity contribution is 0.0953. The molecule has 0 radical (unpaired) electrons. The third-order valence-corrected chi connectivity index (χ3v) is 5.79. The highest BCUT2D eigenvalue weighted by atomic mass is 32.2. The average Bonchev–Trinajstić information content (AvgIpc) is 3.40. The monoisotopic (exact) mass is 376 g/mol. The predicted molar refractivity (Wildman–Crippen MR) is 97.0 cm³/mol. The van der Waals surface area contributed by atoms with Crippen LogP contribution in [0, 0.1) is 12.7 Å². The van der Waals surface area contributed by atoms with E-state index < -0.39 is 10.0 Å². The van der Waals surface area contributed by atoms with E-state index >= 15 is 0 Å². The third kappa shape index (κ3) is 4.68. The van der Waals surface area contributed by atoms with Crippen LogP contribution in [-0.4, -0.2) is 26.9 Å². The quantitative estimate of drug-likeness (QED) is 0.780. The molecule has 0 aromatic heterocycles. The normalized spacial score (nSPS) is 14.2. The van der Waals surface area contributed by atoms with Gasteiger partial charge >= 0.3 is 0 Å². The Labute approximate surface area is 152 Å². The van der Waals surface area contributed by atoms with Crippen LogP contribution in [0.4, 0.5) is 4.39 Å². The number of benzene rings is 2. The van der Waals surface area contributed by atoms with Crippen molar-refractivity contribution >= 4 is 15.9 Å². The lowest BCUT2D eigenvalue weighted by atomic mass is 10.1. The van der Waals surface area contributed by atoms with Crippen molar-refractivity contribution in [3.63, 3.8) is 0 Å². The maximum absolute atomic E-state index is 12.9. The van der Waals surface area contributed by atoms with E-state index in [0.717, 1.165) is 18.4 Å². The zero-order valence-corrected chi connectivity index (χ0v) is 15.3. The molecule has 0 bridgehead atoms. The van der Waals surface area contributed by atoms with Crippen LogP contribution in [0.2, 0.25) is 0 Å². The maximum atomic E-state index is 12.9. The molecule has 5 nitrogen and oxygen atoms in total. The first-order valence-electron chi connectivity index (χ1n) is 8.51. The van der Waals surface area contributed by atoms with Crippen LogP contribution in [0.1, 0.15) is 34.3 Å². The average molecular weight is 376 g/mol. The minimum atomic E-state index is -3.60. The van der Waals surface area contributed by atoms with Gasteiger partial charge in [0.2, 0.25) is 10.0 Å². The summed E-state index contributed by atoms with van der Waals surface area (Å²) < 4.78 is 40.2. The van der Waals surface area contributed by atoms with E-state index in [-0.39, 0.29) is 22.7 Å². The number of hydrogen-bond donors (Lipinski definition) is 2. The molecule has 1 aliphatic rings. The number of aryl methyl sites for hydroxylation is 1. The first-order valence-corrected chi connectivity index (χ1v) is 9.99. The van der Waals surface area contributed by atoms with Crippen molar-refractivity contribution in [2.45, 2.75) is 37.1 Å². The predicted octanol–water partition coefficient (Wildman–Crippen LogP) is 2.55. The topological polar surface area (TPSA) is 75.3 Å². The minimum Gasteiger partial charge on any atom is -0.352 e. The summed E-state index contributed by atoms with van der Waals surface area (Å²) >= 11 is 0. The Bertz CT molecular complexity index is 907. The standard InChI is InChI=1S/C19H21FN2O3S/c1-13-2-9-17(26(24,25)22-16-7-8-16)12-18(13)19(23)21-11-10-14-3-5-15(20)6-4-14/h2-6,9,12,16,22H,7-8,10-11H2,1H3,(H,21,23). The van der Waals surface area contributed by atoms with Gasteiger partial charge in [0.1, 0.15) is 5.82 Å². The molecule has 2 aromatic carbocycles. The van der Waals surface area contributed by atoms with E-state index in [9.17, 15) is 17.6 Å². The van der Waals surface area contributed by atoms with Crippen LogP contribution in [0.15, 0.2) is 47.4 Å². The van der Waals surface area contributed by atoms with Crippen LogP contribution >= 0.6 is 0 Å². The molecule has 1 fully saturated rings. The summed E-state index contributed by atoms with van der Waals surface area (Å²) in [4.78, 5) is 12.5. The van der Waals surface area contributed by atoms with Gasteiger partial charge in [0.05, 0.1) is 4.90 Å². The number of halogens is 1. The zero-order chi connectivity index (χ0) is 18.7. The van der Waals surface area contributed by atoms with Crippen molar-refractivity contribution in [2.75, 3.05) is 6.54 Å². The second-order valence-electron chi connectivity index (χ2n) is 6.50. The third-order valence-electron chi connectivity index (χ3n) is 4.28. The molecule has 0 saturated heterocycles. The Kier molecular flexibility index (Phi) is 5.38. The fourth-order valence-electron chi connectivity index (χ4n) is 2.57. The van der Waals surface area contributed by atoms with Crippen LogP contribution in [-0.2, 0) is 16.4 Å². The van der Waals surface area contributed by atoms with Gasteiger partial charge in [0.15, 0.2) is 0 Å². The molecule has 2 N–H and O–H groups in total. The molecule has 1 saturated carbocycles. The first-order chi connectivity index (χ1) is 12.3. The number of carbonyl (C=O) groups excluding carboxylic acids is 1. The number of rotatable bonds is 7. The van der Waals surface area contributed by atoms with Gasteiger partial charge in [-0.1, -0.05) is 18.2 Å².